The Hall–Kier alpha value is -3.30. The van der Waals surface area contributed by atoms with Crippen LogP contribution in [0.4, 0.5) is 5.69 Å². The number of halogens is 1. The van der Waals surface area contributed by atoms with Crippen molar-refractivity contribution >= 4 is 23.2 Å². The maximum atomic E-state index is 13.2. The van der Waals surface area contributed by atoms with Crippen LogP contribution in [-0.2, 0) is 0 Å². The van der Waals surface area contributed by atoms with E-state index in [1.54, 1.807) is 0 Å². The minimum atomic E-state index is -0.123. The average molecular weight is 429 g/mol. The van der Waals surface area contributed by atoms with Crippen molar-refractivity contribution < 1.29 is 4.79 Å². The highest BCUT2D eigenvalue weighted by Crippen LogP contribution is 2.31. The van der Waals surface area contributed by atoms with Crippen LogP contribution >= 0.6 is 11.6 Å². The summed E-state index contributed by atoms with van der Waals surface area (Å²) >= 11 is 6.11. The number of rotatable bonds is 4. The summed E-state index contributed by atoms with van der Waals surface area (Å²) in [5.41, 5.74) is 8.80. The number of hydrogen-bond acceptors (Lipinski definition) is 1. The standard InChI is InChI=1S/C27H25ClN2O/c1-17-6-5-7-24(14-17)30-20(4)25(16-26(30)21-9-11-22(28)12-10-21)27(31)29-23-13-8-18(2)19(3)15-23/h5-16H,1-4H3,(H,29,31). The smallest absolute Gasteiger partial charge is 0.257 e. The van der Waals surface area contributed by atoms with E-state index in [4.69, 9.17) is 11.6 Å². The second-order valence-corrected chi connectivity index (χ2v) is 8.40. The third-order valence-corrected chi connectivity index (χ3v) is 5.91. The lowest BCUT2D eigenvalue weighted by Gasteiger charge is -2.13. The first-order chi connectivity index (χ1) is 14.8. The van der Waals surface area contributed by atoms with E-state index in [9.17, 15) is 4.79 Å². The van der Waals surface area contributed by atoms with Gasteiger partial charge in [-0.2, -0.15) is 0 Å². The van der Waals surface area contributed by atoms with Gasteiger partial charge in [-0.25, -0.2) is 0 Å². The molecule has 1 heterocycles. The molecule has 0 saturated carbocycles. The van der Waals surface area contributed by atoms with E-state index in [1.807, 2.05) is 68.4 Å². The zero-order valence-corrected chi connectivity index (χ0v) is 18.9. The molecule has 31 heavy (non-hydrogen) atoms. The normalized spacial score (nSPS) is 10.9. The summed E-state index contributed by atoms with van der Waals surface area (Å²) in [6.45, 7) is 8.16. The zero-order valence-electron chi connectivity index (χ0n) is 18.2. The van der Waals surface area contributed by atoms with Gasteiger partial charge in [-0.15, -0.1) is 0 Å². The first kappa shape index (κ1) is 21.0. The molecule has 0 aliphatic carbocycles. The summed E-state index contributed by atoms with van der Waals surface area (Å²) < 4.78 is 2.13. The van der Waals surface area contributed by atoms with Crippen LogP contribution in [0.3, 0.4) is 0 Å². The van der Waals surface area contributed by atoms with Crippen molar-refractivity contribution in [2.24, 2.45) is 0 Å². The Morgan fingerprint density at radius 1 is 0.839 bits per heavy atom. The molecule has 3 aromatic carbocycles. The fourth-order valence-corrected chi connectivity index (χ4v) is 3.91. The van der Waals surface area contributed by atoms with Crippen LogP contribution in [-0.4, -0.2) is 10.5 Å². The largest absolute Gasteiger partial charge is 0.322 e. The Morgan fingerprint density at radius 3 is 2.26 bits per heavy atom. The molecule has 156 valence electrons. The Balaban J connectivity index is 1.81. The maximum Gasteiger partial charge on any atom is 0.257 e. The Bertz CT molecular complexity index is 1270. The topological polar surface area (TPSA) is 34.0 Å². The summed E-state index contributed by atoms with van der Waals surface area (Å²) in [6.07, 6.45) is 0. The number of nitrogens with one attached hydrogen (secondary N) is 1. The molecule has 4 rings (SSSR count). The van der Waals surface area contributed by atoms with Gasteiger partial charge in [0.2, 0.25) is 0 Å². The predicted octanol–water partition coefficient (Wildman–Crippen LogP) is 7.28. The van der Waals surface area contributed by atoms with Crippen molar-refractivity contribution in [3.05, 3.63) is 106 Å². The molecule has 4 heteroatoms. The highest BCUT2D eigenvalue weighted by Gasteiger charge is 2.20. The molecular formula is C27H25ClN2O. The van der Waals surface area contributed by atoms with E-state index < -0.39 is 0 Å². The SMILES string of the molecule is Cc1cccc(-n2c(-c3ccc(Cl)cc3)cc(C(=O)Nc3ccc(C)c(C)c3)c2C)c1. The van der Waals surface area contributed by atoms with Crippen molar-refractivity contribution in [3.63, 3.8) is 0 Å². The number of carbonyl (C=O) groups excluding carboxylic acids is 1. The predicted molar refractivity (Wildman–Crippen MR) is 130 cm³/mol. The highest BCUT2D eigenvalue weighted by atomic mass is 35.5. The zero-order chi connectivity index (χ0) is 22.1. The molecule has 0 unspecified atom stereocenters. The van der Waals surface area contributed by atoms with Crippen LogP contribution in [0, 0.1) is 27.7 Å². The van der Waals surface area contributed by atoms with Crippen LogP contribution in [0.2, 0.25) is 5.02 Å². The maximum absolute atomic E-state index is 13.2. The number of nitrogens with zero attached hydrogens (tertiary/aromatic N) is 1. The van der Waals surface area contributed by atoms with Crippen LogP contribution in [0.15, 0.2) is 72.8 Å². The van der Waals surface area contributed by atoms with Crippen LogP contribution in [0.25, 0.3) is 16.9 Å². The minimum absolute atomic E-state index is 0.123. The van der Waals surface area contributed by atoms with Crippen molar-refractivity contribution in [3.8, 4) is 16.9 Å². The summed E-state index contributed by atoms with van der Waals surface area (Å²) in [5, 5.41) is 3.74. The first-order valence-electron chi connectivity index (χ1n) is 10.3. The van der Waals surface area contributed by atoms with Crippen molar-refractivity contribution in [1.29, 1.82) is 0 Å². The second-order valence-electron chi connectivity index (χ2n) is 7.96. The monoisotopic (exact) mass is 428 g/mol. The number of aromatic nitrogens is 1. The van der Waals surface area contributed by atoms with Gasteiger partial charge in [0.1, 0.15) is 0 Å². The summed E-state index contributed by atoms with van der Waals surface area (Å²) in [7, 11) is 0. The van der Waals surface area contributed by atoms with Gasteiger partial charge in [-0.1, -0.05) is 41.9 Å². The quantitative estimate of drug-likeness (QED) is 0.364. The summed E-state index contributed by atoms with van der Waals surface area (Å²) in [5.74, 6) is -0.123. The highest BCUT2D eigenvalue weighted by molar-refractivity contribution is 6.30. The van der Waals surface area contributed by atoms with Crippen LogP contribution in [0.5, 0.6) is 0 Å². The molecule has 0 aliphatic rings. The lowest BCUT2D eigenvalue weighted by atomic mass is 10.1. The molecular weight excluding hydrogens is 404 g/mol. The van der Waals surface area contributed by atoms with Gasteiger partial charge < -0.3 is 9.88 Å². The molecule has 1 amide bonds. The summed E-state index contributed by atoms with van der Waals surface area (Å²) in [4.78, 5) is 13.2. The molecule has 0 atom stereocenters. The van der Waals surface area contributed by atoms with Crippen molar-refractivity contribution in [2.45, 2.75) is 27.7 Å². The fourth-order valence-electron chi connectivity index (χ4n) is 3.79. The number of benzene rings is 3. The molecule has 0 radical (unpaired) electrons. The van der Waals surface area contributed by atoms with Gasteiger partial charge in [0.25, 0.3) is 5.91 Å². The number of aryl methyl sites for hydroxylation is 3. The van der Waals surface area contributed by atoms with Gasteiger partial charge in [-0.05, 0) is 92.4 Å². The number of amides is 1. The van der Waals surface area contributed by atoms with Gasteiger partial charge >= 0.3 is 0 Å². The van der Waals surface area contributed by atoms with E-state index >= 15 is 0 Å². The Labute approximate surface area is 188 Å². The third kappa shape index (κ3) is 4.28. The molecule has 0 aliphatic heterocycles. The Morgan fingerprint density at radius 2 is 1.58 bits per heavy atom. The van der Waals surface area contributed by atoms with E-state index in [2.05, 4.69) is 41.9 Å². The molecule has 4 aromatic rings. The van der Waals surface area contributed by atoms with Crippen molar-refractivity contribution in [1.82, 2.24) is 4.57 Å². The van der Waals surface area contributed by atoms with Crippen LogP contribution < -0.4 is 5.32 Å². The fraction of sp³-hybridized carbons (Fsp3) is 0.148. The van der Waals surface area contributed by atoms with Crippen molar-refractivity contribution in [2.75, 3.05) is 5.32 Å². The average Bonchev–Trinajstić information content (AvgIpc) is 3.08. The molecule has 3 nitrogen and oxygen atoms in total. The van der Waals surface area contributed by atoms with E-state index in [1.165, 1.54) is 5.56 Å². The second kappa shape index (κ2) is 8.44. The lowest BCUT2D eigenvalue weighted by molar-refractivity contribution is 0.102. The van der Waals surface area contributed by atoms with E-state index in [0.717, 1.165) is 39.5 Å². The molecule has 0 saturated heterocycles. The van der Waals surface area contributed by atoms with Crippen LogP contribution in [0.1, 0.15) is 32.7 Å². The first-order valence-corrected chi connectivity index (χ1v) is 10.7. The Kier molecular flexibility index (Phi) is 5.71. The van der Waals surface area contributed by atoms with Gasteiger partial charge in [0, 0.05) is 22.1 Å². The molecule has 0 fully saturated rings. The molecule has 0 bridgehead atoms. The van der Waals surface area contributed by atoms with Gasteiger partial charge in [0.15, 0.2) is 0 Å². The number of anilines is 1. The number of hydrogen-bond donors (Lipinski definition) is 1. The minimum Gasteiger partial charge on any atom is -0.322 e. The van der Waals surface area contributed by atoms with Gasteiger partial charge in [-0.3, -0.25) is 4.79 Å². The summed E-state index contributed by atoms with van der Waals surface area (Å²) in [6, 6.07) is 23.9. The lowest BCUT2D eigenvalue weighted by Crippen LogP contribution is -2.13. The third-order valence-electron chi connectivity index (χ3n) is 5.66. The van der Waals surface area contributed by atoms with Gasteiger partial charge in [0.05, 0.1) is 11.3 Å². The van der Waals surface area contributed by atoms with E-state index in [0.29, 0.717) is 10.6 Å². The molecule has 1 N–H and O–H groups in total. The van der Waals surface area contributed by atoms with E-state index in [-0.39, 0.29) is 5.91 Å². The number of carbonyl (C=O) groups is 1. The molecule has 0 spiro atoms. The molecule has 1 aromatic heterocycles.